The second kappa shape index (κ2) is 8.00. The van der Waals surface area contributed by atoms with Gasteiger partial charge >= 0.3 is 5.97 Å². The van der Waals surface area contributed by atoms with Gasteiger partial charge < -0.3 is 18.5 Å². The molecule has 25 heavy (non-hydrogen) atoms. The fourth-order valence-corrected chi connectivity index (χ4v) is 3.13. The molecule has 3 rings (SSSR count). The predicted molar refractivity (Wildman–Crippen MR) is 88.0 cm³/mol. The molecular weight excluding hydrogens is 324 g/mol. The van der Waals surface area contributed by atoms with E-state index in [4.69, 9.17) is 13.6 Å². The Morgan fingerprint density at radius 1 is 1.32 bits per heavy atom. The number of nitrogens with zero attached hydrogens (tertiary/aromatic N) is 2. The maximum absolute atomic E-state index is 12.3. The molecule has 1 aliphatic heterocycles. The summed E-state index contributed by atoms with van der Waals surface area (Å²) in [5.41, 5.74) is 0.254. The van der Waals surface area contributed by atoms with Crippen LogP contribution in [0.5, 0.6) is 0 Å². The highest BCUT2D eigenvalue weighted by Crippen LogP contribution is 2.30. The topological polar surface area (TPSA) is 85.8 Å². The zero-order valence-corrected chi connectivity index (χ0v) is 14.3. The first-order chi connectivity index (χ1) is 12.2. The van der Waals surface area contributed by atoms with Crippen LogP contribution in [0.1, 0.15) is 54.1 Å². The average molecular weight is 346 g/mol. The van der Waals surface area contributed by atoms with Crippen LogP contribution in [0.15, 0.2) is 33.6 Å². The van der Waals surface area contributed by atoms with E-state index in [1.807, 2.05) is 17.0 Å². The van der Waals surface area contributed by atoms with Crippen LogP contribution >= 0.6 is 0 Å². The van der Waals surface area contributed by atoms with Gasteiger partial charge in [-0.05, 0) is 31.9 Å². The Bertz CT molecular complexity index is 699. The smallest absolute Gasteiger partial charge is 0.360 e. The highest BCUT2D eigenvalue weighted by molar-refractivity contribution is 5.88. The van der Waals surface area contributed by atoms with Gasteiger partial charge in [0, 0.05) is 31.8 Å². The molecule has 1 amide bonds. The minimum Gasteiger partial charge on any atom is -0.469 e. The lowest BCUT2D eigenvalue weighted by atomic mass is 9.93. The third-order valence-corrected chi connectivity index (χ3v) is 4.45. The van der Waals surface area contributed by atoms with Gasteiger partial charge in [-0.15, -0.1) is 0 Å². The lowest BCUT2D eigenvalue weighted by molar-refractivity contribution is -0.132. The predicted octanol–water partition coefficient (Wildman–Crippen LogP) is 2.78. The Morgan fingerprint density at radius 2 is 2.12 bits per heavy atom. The van der Waals surface area contributed by atoms with Crippen LogP contribution in [-0.2, 0) is 16.0 Å². The second-order valence-corrected chi connectivity index (χ2v) is 6.02. The number of amides is 1. The largest absolute Gasteiger partial charge is 0.469 e. The number of rotatable bonds is 6. The van der Waals surface area contributed by atoms with Gasteiger partial charge in [0.25, 0.3) is 0 Å². The first-order valence-electron chi connectivity index (χ1n) is 8.59. The van der Waals surface area contributed by atoms with E-state index in [-0.39, 0.29) is 17.5 Å². The third-order valence-electron chi connectivity index (χ3n) is 4.45. The van der Waals surface area contributed by atoms with Gasteiger partial charge in [0.2, 0.25) is 5.91 Å². The van der Waals surface area contributed by atoms with E-state index in [1.165, 1.54) is 6.39 Å². The molecule has 1 fully saturated rings. The summed E-state index contributed by atoms with van der Waals surface area (Å²) in [4.78, 5) is 30.1. The highest BCUT2D eigenvalue weighted by atomic mass is 16.5. The molecule has 0 aliphatic carbocycles. The number of ether oxygens (including phenoxy) is 1. The van der Waals surface area contributed by atoms with Crippen molar-refractivity contribution in [2.75, 3.05) is 19.7 Å². The third kappa shape index (κ3) is 4.10. The number of hydrogen-bond acceptors (Lipinski definition) is 6. The summed E-state index contributed by atoms with van der Waals surface area (Å²) in [5.74, 6) is 1.14. The highest BCUT2D eigenvalue weighted by Gasteiger charge is 2.30. The van der Waals surface area contributed by atoms with Gasteiger partial charge in [-0.3, -0.25) is 4.79 Å². The number of oxazole rings is 1. The minimum absolute atomic E-state index is 0.0797. The molecule has 1 aliphatic rings. The number of carbonyl (C=O) groups excluding carboxylic acids is 2. The molecule has 7 heteroatoms. The van der Waals surface area contributed by atoms with E-state index in [0.29, 0.717) is 38.3 Å². The number of hydrogen-bond donors (Lipinski definition) is 0. The van der Waals surface area contributed by atoms with Crippen molar-refractivity contribution in [1.29, 1.82) is 0 Å². The van der Waals surface area contributed by atoms with Crippen LogP contribution < -0.4 is 0 Å². The number of aryl methyl sites for hydroxylation is 1. The van der Waals surface area contributed by atoms with Crippen molar-refractivity contribution in [1.82, 2.24) is 9.88 Å². The van der Waals surface area contributed by atoms with E-state index in [9.17, 15) is 9.59 Å². The number of esters is 1. The lowest BCUT2D eigenvalue weighted by Gasteiger charge is -2.31. The van der Waals surface area contributed by atoms with Crippen LogP contribution in [0.25, 0.3) is 0 Å². The summed E-state index contributed by atoms with van der Waals surface area (Å²) in [7, 11) is 0. The van der Waals surface area contributed by atoms with Gasteiger partial charge in [-0.25, -0.2) is 9.78 Å². The molecule has 2 aromatic rings. The van der Waals surface area contributed by atoms with E-state index < -0.39 is 5.97 Å². The summed E-state index contributed by atoms with van der Waals surface area (Å²) < 4.78 is 15.7. The van der Waals surface area contributed by atoms with Crippen molar-refractivity contribution in [3.8, 4) is 0 Å². The molecule has 7 nitrogen and oxygen atoms in total. The summed E-state index contributed by atoms with van der Waals surface area (Å²) in [6, 6.07) is 3.70. The number of carbonyl (C=O) groups is 2. The molecule has 0 atom stereocenters. The van der Waals surface area contributed by atoms with Crippen LogP contribution in [0.3, 0.4) is 0 Å². The van der Waals surface area contributed by atoms with Crippen LogP contribution in [0.4, 0.5) is 0 Å². The van der Waals surface area contributed by atoms with Crippen LogP contribution in [-0.4, -0.2) is 41.5 Å². The van der Waals surface area contributed by atoms with Gasteiger partial charge in [-0.1, -0.05) is 0 Å². The first-order valence-corrected chi connectivity index (χ1v) is 8.59. The van der Waals surface area contributed by atoms with Crippen molar-refractivity contribution >= 4 is 11.9 Å². The second-order valence-electron chi connectivity index (χ2n) is 6.02. The quantitative estimate of drug-likeness (QED) is 0.748. The van der Waals surface area contributed by atoms with E-state index >= 15 is 0 Å². The molecule has 3 heterocycles. The number of aromatic nitrogens is 1. The Kier molecular flexibility index (Phi) is 5.53. The van der Waals surface area contributed by atoms with E-state index in [2.05, 4.69) is 4.98 Å². The number of piperidine rings is 1. The average Bonchev–Trinajstić information content (AvgIpc) is 3.31. The fraction of sp³-hybridized carbons (Fsp3) is 0.500. The molecule has 0 unspecified atom stereocenters. The van der Waals surface area contributed by atoms with Crippen LogP contribution in [0, 0.1) is 0 Å². The molecule has 0 saturated carbocycles. The normalized spacial score (nSPS) is 15.3. The number of likely N-dealkylation sites (tertiary alicyclic amines) is 1. The Morgan fingerprint density at radius 3 is 2.80 bits per heavy atom. The van der Waals surface area contributed by atoms with E-state index in [0.717, 1.165) is 18.6 Å². The molecule has 0 N–H and O–H groups in total. The van der Waals surface area contributed by atoms with Crippen molar-refractivity contribution in [2.24, 2.45) is 0 Å². The Hall–Kier alpha value is -2.57. The van der Waals surface area contributed by atoms with Crippen LogP contribution in [0.2, 0.25) is 0 Å². The SMILES string of the molecule is CCOC(=O)c1ncoc1C1CCN(C(=O)CCc2ccco2)CC1. The van der Waals surface area contributed by atoms with Crippen molar-refractivity contribution in [2.45, 2.75) is 38.5 Å². The molecule has 0 radical (unpaired) electrons. The Balaban J connectivity index is 1.52. The molecule has 0 aromatic carbocycles. The Labute approximate surface area is 146 Å². The standard InChI is InChI=1S/C18H22N2O5/c1-2-23-18(22)16-17(25-12-19-16)13-7-9-20(10-8-13)15(21)6-5-14-4-3-11-24-14/h3-4,11-13H,2,5-10H2,1H3. The van der Waals surface area contributed by atoms with Gasteiger partial charge in [-0.2, -0.15) is 0 Å². The lowest BCUT2D eigenvalue weighted by Crippen LogP contribution is -2.38. The van der Waals surface area contributed by atoms with Gasteiger partial charge in [0.1, 0.15) is 11.5 Å². The maximum atomic E-state index is 12.3. The minimum atomic E-state index is -0.455. The maximum Gasteiger partial charge on any atom is 0.360 e. The van der Waals surface area contributed by atoms with Gasteiger partial charge in [0.05, 0.1) is 12.9 Å². The molecular formula is C18H22N2O5. The fourth-order valence-electron chi connectivity index (χ4n) is 3.13. The summed E-state index contributed by atoms with van der Waals surface area (Å²) in [6.45, 7) is 3.34. The monoisotopic (exact) mass is 346 g/mol. The molecule has 2 aromatic heterocycles. The summed E-state index contributed by atoms with van der Waals surface area (Å²) in [5, 5.41) is 0. The summed E-state index contributed by atoms with van der Waals surface area (Å²) in [6.07, 6.45) is 5.43. The van der Waals surface area contributed by atoms with E-state index in [1.54, 1.807) is 13.2 Å². The molecule has 134 valence electrons. The molecule has 1 saturated heterocycles. The number of furan rings is 1. The zero-order chi connectivity index (χ0) is 17.6. The molecule has 0 bridgehead atoms. The summed E-state index contributed by atoms with van der Waals surface area (Å²) >= 11 is 0. The van der Waals surface area contributed by atoms with Crippen molar-refractivity contribution < 1.29 is 23.2 Å². The van der Waals surface area contributed by atoms with Crippen molar-refractivity contribution in [3.05, 3.63) is 42.0 Å². The molecule has 0 spiro atoms. The first kappa shape index (κ1) is 17.3. The zero-order valence-electron chi connectivity index (χ0n) is 14.3. The van der Waals surface area contributed by atoms with Crippen molar-refractivity contribution in [3.63, 3.8) is 0 Å². The van der Waals surface area contributed by atoms with Gasteiger partial charge in [0.15, 0.2) is 12.1 Å².